The zero-order valence-electron chi connectivity index (χ0n) is 18.1. The van der Waals surface area contributed by atoms with E-state index in [9.17, 15) is 0 Å². The molecule has 3 aromatic carbocycles. The second-order valence-corrected chi connectivity index (χ2v) is 7.98. The fraction of sp³-hybridized carbons (Fsp3) is 0.222. The molecule has 152 valence electrons. The summed E-state index contributed by atoms with van der Waals surface area (Å²) >= 11 is 0. The maximum Gasteiger partial charge on any atom is 0.124 e. The molecule has 4 aromatic rings. The first-order valence-corrected chi connectivity index (χ1v) is 10.3. The highest BCUT2D eigenvalue weighted by atomic mass is 16.5. The lowest BCUT2D eigenvalue weighted by molar-refractivity contribution is 0.0622. The molecule has 0 aliphatic rings. The van der Waals surface area contributed by atoms with Crippen LogP contribution in [0.4, 0.5) is 0 Å². The van der Waals surface area contributed by atoms with Gasteiger partial charge in [0, 0.05) is 7.05 Å². The Balaban J connectivity index is 1.68. The largest absolute Gasteiger partial charge is 0.363 e. The molecular weight excluding hydrogens is 368 g/mol. The van der Waals surface area contributed by atoms with Crippen molar-refractivity contribution in [1.29, 1.82) is 0 Å². The summed E-state index contributed by atoms with van der Waals surface area (Å²) < 4.78 is 8.53. The summed E-state index contributed by atoms with van der Waals surface area (Å²) in [6.07, 6.45) is 3.53. The van der Waals surface area contributed by atoms with Gasteiger partial charge in [0.2, 0.25) is 0 Å². The van der Waals surface area contributed by atoms with Gasteiger partial charge in [-0.05, 0) is 65.8 Å². The smallest absolute Gasteiger partial charge is 0.124 e. The summed E-state index contributed by atoms with van der Waals surface area (Å²) in [7, 11) is 2.01. The van der Waals surface area contributed by atoms with Crippen molar-refractivity contribution in [1.82, 2.24) is 9.55 Å². The zero-order valence-corrected chi connectivity index (χ0v) is 18.1. The van der Waals surface area contributed by atoms with Crippen molar-refractivity contribution in [2.45, 2.75) is 33.5 Å². The highest BCUT2D eigenvalue weighted by Gasteiger charge is 2.19. The zero-order chi connectivity index (χ0) is 21.1. The summed E-state index contributed by atoms with van der Waals surface area (Å²) in [5.74, 6) is 0. The van der Waals surface area contributed by atoms with Gasteiger partial charge in [-0.25, -0.2) is 4.98 Å². The SMILES string of the molecule is Cc1ccc(COC(c2cccc(-c3ccccc3C)c2)c2cncn2C)cc1C. The predicted molar refractivity (Wildman–Crippen MR) is 122 cm³/mol. The van der Waals surface area contributed by atoms with Crippen LogP contribution in [0.1, 0.15) is 39.6 Å². The molecule has 3 heteroatoms. The maximum absolute atomic E-state index is 6.49. The maximum atomic E-state index is 6.49. The Morgan fingerprint density at radius 1 is 0.867 bits per heavy atom. The molecule has 30 heavy (non-hydrogen) atoms. The topological polar surface area (TPSA) is 27.1 Å². The van der Waals surface area contributed by atoms with Crippen molar-refractivity contribution >= 4 is 0 Å². The van der Waals surface area contributed by atoms with E-state index < -0.39 is 0 Å². The van der Waals surface area contributed by atoms with Crippen molar-refractivity contribution in [3.8, 4) is 11.1 Å². The second kappa shape index (κ2) is 8.68. The molecular formula is C27H28N2O. The molecule has 0 aliphatic carbocycles. The first-order valence-electron chi connectivity index (χ1n) is 10.3. The summed E-state index contributed by atoms with van der Waals surface area (Å²) in [5, 5.41) is 0. The van der Waals surface area contributed by atoms with Crippen molar-refractivity contribution in [3.63, 3.8) is 0 Å². The van der Waals surface area contributed by atoms with Crippen LogP contribution in [0.25, 0.3) is 11.1 Å². The van der Waals surface area contributed by atoms with Crippen LogP contribution in [-0.4, -0.2) is 9.55 Å². The number of rotatable bonds is 6. The first-order chi connectivity index (χ1) is 14.5. The lowest BCUT2D eigenvalue weighted by Crippen LogP contribution is -2.10. The number of ether oxygens (including phenoxy) is 1. The molecule has 0 aliphatic heterocycles. The van der Waals surface area contributed by atoms with E-state index in [1.807, 2.05) is 24.1 Å². The van der Waals surface area contributed by atoms with Crippen LogP contribution in [0, 0.1) is 20.8 Å². The van der Waals surface area contributed by atoms with Gasteiger partial charge in [-0.2, -0.15) is 0 Å². The van der Waals surface area contributed by atoms with E-state index in [1.54, 1.807) is 0 Å². The summed E-state index contributed by atoms with van der Waals surface area (Å²) in [6, 6.07) is 23.6. The lowest BCUT2D eigenvalue weighted by Gasteiger charge is -2.20. The minimum absolute atomic E-state index is 0.192. The molecule has 0 saturated carbocycles. The minimum atomic E-state index is -0.192. The van der Waals surface area contributed by atoms with Gasteiger partial charge >= 0.3 is 0 Å². The third kappa shape index (κ3) is 4.22. The highest BCUT2D eigenvalue weighted by molar-refractivity contribution is 5.67. The van der Waals surface area contributed by atoms with Crippen LogP contribution < -0.4 is 0 Å². The number of aryl methyl sites for hydroxylation is 4. The first kappa shape index (κ1) is 20.1. The number of imidazole rings is 1. The Hall–Kier alpha value is -3.17. The van der Waals surface area contributed by atoms with Crippen molar-refractivity contribution in [3.05, 3.63) is 113 Å². The van der Waals surface area contributed by atoms with Crippen LogP contribution in [0.2, 0.25) is 0 Å². The number of hydrogen-bond acceptors (Lipinski definition) is 2. The highest BCUT2D eigenvalue weighted by Crippen LogP contribution is 2.31. The number of aromatic nitrogens is 2. The van der Waals surface area contributed by atoms with E-state index in [-0.39, 0.29) is 6.10 Å². The summed E-state index contributed by atoms with van der Waals surface area (Å²) in [4.78, 5) is 4.33. The van der Waals surface area contributed by atoms with Crippen molar-refractivity contribution in [2.75, 3.05) is 0 Å². The molecule has 0 saturated heterocycles. The lowest BCUT2D eigenvalue weighted by atomic mass is 9.96. The van der Waals surface area contributed by atoms with E-state index in [1.165, 1.54) is 33.4 Å². The van der Waals surface area contributed by atoms with Gasteiger partial charge in [0.1, 0.15) is 6.10 Å². The summed E-state index contributed by atoms with van der Waals surface area (Å²) in [5.41, 5.74) is 9.65. The fourth-order valence-corrected chi connectivity index (χ4v) is 3.81. The molecule has 0 radical (unpaired) electrons. The third-order valence-corrected chi connectivity index (χ3v) is 5.76. The fourth-order valence-electron chi connectivity index (χ4n) is 3.81. The Kier molecular flexibility index (Phi) is 5.82. The van der Waals surface area contributed by atoms with Crippen LogP contribution in [0.3, 0.4) is 0 Å². The molecule has 1 unspecified atom stereocenters. The number of hydrogen-bond donors (Lipinski definition) is 0. The Labute approximate surface area is 179 Å². The second-order valence-electron chi connectivity index (χ2n) is 7.98. The van der Waals surface area contributed by atoms with E-state index >= 15 is 0 Å². The molecule has 0 N–H and O–H groups in total. The summed E-state index contributed by atoms with van der Waals surface area (Å²) in [6.45, 7) is 6.97. The third-order valence-electron chi connectivity index (χ3n) is 5.76. The molecule has 1 aromatic heterocycles. The molecule has 1 heterocycles. The van der Waals surface area contributed by atoms with E-state index in [0.717, 1.165) is 11.3 Å². The normalized spacial score (nSPS) is 12.1. The van der Waals surface area contributed by atoms with Gasteiger partial charge in [0.05, 0.1) is 24.8 Å². The molecule has 0 fully saturated rings. The van der Waals surface area contributed by atoms with Crippen LogP contribution >= 0.6 is 0 Å². The van der Waals surface area contributed by atoms with Crippen LogP contribution in [-0.2, 0) is 18.4 Å². The van der Waals surface area contributed by atoms with Crippen LogP contribution in [0.5, 0.6) is 0 Å². The number of nitrogens with zero attached hydrogens (tertiary/aromatic N) is 2. The average Bonchev–Trinajstić information content (AvgIpc) is 3.17. The van der Waals surface area contributed by atoms with E-state index in [0.29, 0.717) is 6.61 Å². The van der Waals surface area contributed by atoms with Crippen molar-refractivity contribution < 1.29 is 4.74 Å². The van der Waals surface area contributed by atoms with Gasteiger partial charge in [0.25, 0.3) is 0 Å². The van der Waals surface area contributed by atoms with Crippen molar-refractivity contribution in [2.24, 2.45) is 7.05 Å². The van der Waals surface area contributed by atoms with Crippen LogP contribution in [0.15, 0.2) is 79.3 Å². The van der Waals surface area contributed by atoms with Gasteiger partial charge in [-0.1, -0.05) is 60.7 Å². The molecule has 3 nitrogen and oxygen atoms in total. The molecule has 1 atom stereocenters. The number of benzene rings is 3. The van der Waals surface area contributed by atoms with Gasteiger partial charge in [-0.3, -0.25) is 0 Å². The van der Waals surface area contributed by atoms with Gasteiger partial charge in [0.15, 0.2) is 0 Å². The average molecular weight is 397 g/mol. The Morgan fingerprint density at radius 2 is 1.70 bits per heavy atom. The van der Waals surface area contributed by atoms with Gasteiger partial charge < -0.3 is 9.30 Å². The molecule has 0 spiro atoms. The standard InChI is InChI=1S/C27H28N2O/c1-19-12-13-22(14-21(19)3)17-30-27(26-16-28-18-29(26)4)24-10-7-9-23(15-24)25-11-6-5-8-20(25)2/h5-16,18,27H,17H2,1-4H3. The van der Waals surface area contributed by atoms with Gasteiger partial charge in [-0.15, -0.1) is 0 Å². The molecule has 0 bridgehead atoms. The molecule has 0 amide bonds. The van der Waals surface area contributed by atoms with E-state index in [4.69, 9.17) is 4.74 Å². The monoisotopic (exact) mass is 396 g/mol. The Morgan fingerprint density at radius 3 is 2.43 bits per heavy atom. The quantitative estimate of drug-likeness (QED) is 0.381. The molecule has 4 rings (SSSR count). The Bertz CT molecular complexity index is 1160. The predicted octanol–water partition coefficient (Wildman–Crippen LogP) is 6.32. The minimum Gasteiger partial charge on any atom is -0.363 e. The van der Waals surface area contributed by atoms with E-state index in [2.05, 4.69) is 92.5 Å².